The highest BCUT2D eigenvalue weighted by Gasteiger charge is 2.28. The van der Waals surface area contributed by atoms with E-state index >= 15 is 0 Å². The van der Waals surface area contributed by atoms with Gasteiger partial charge in [-0.05, 0) is 29.7 Å². The van der Waals surface area contributed by atoms with Crippen molar-refractivity contribution in [3.8, 4) is 0 Å². The smallest absolute Gasteiger partial charge is 0.248 e. The molecule has 0 bridgehead atoms. The van der Waals surface area contributed by atoms with Crippen molar-refractivity contribution in [3.05, 3.63) is 59.9 Å². The highest BCUT2D eigenvalue weighted by molar-refractivity contribution is 5.97. The zero-order valence-electron chi connectivity index (χ0n) is 11.4. The molecule has 2 heterocycles. The Balaban J connectivity index is 1.89. The molecule has 1 aromatic heterocycles. The van der Waals surface area contributed by atoms with Gasteiger partial charge in [0.05, 0.1) is 0 Å². The Morgan fingerprint density at radius 2 is 2.00 bits per heavy atom. The first kappa shape index (κ1) is 12.8. The molecular weight excluding hydrogens is 250 g/mol. The summed E-state index contributed by atoms with van der Waals surface area (Å²) in [5, 5.41) is 3.32. The molecule has 0 aliphatic carbocycles. The van der Waals surface area contributed by atoms with Gasteiger partial charge in [-0.15, -0.1) is 0 Å². The van der Waals surface area contributed by atoms with Crippen LogP contribution >= 0.6 is 0 Å². The van der Waals surface area contributed by atoms with E-state index in [1.807, 2.05) is 30.3 Å². The molecule has 1 atom stereocenters. The number of likely N-dealkylation sites (N-methyl/N-ethyl adjacent to an activating group) is 1. The molecular formula is C16H17N3O. The Labute approximate surface area is 118 Å². The van der Waals surface area contributed by atoms with E-state index in [4.69, 9.17) is 0 Å². The molecule has 1 aliphatic rings. The van der Waals surface area contributed by atoms with Crippen LogP contribution in [0.1, 0.15) is 17.2 Å². The summed E-state index contributed by atoms with van der Waals surface area (Å²) < 4.78 is 0. The number of anilines is 1. The van der Waals surface area contributed by atoms with Crippen molar-refractivity contribution < 1.29 is 4.79 Å². The number of pyridine rings is 1. The fourth-order valence-electron chi connectivity index (χ4n) is 2.61. The maximum absolute atomic E-state index is 12.7. The number of aromatic nitrogens is 1. The number of fused-ring (bicyclic) bond motifs is 1. The lowest BCUT2D eigenvalue weighted by molar-refractivity contribution is -0.120. The van der Waals surface area contributed by atoms with Crippen LogP contribution in [0.25, 0.3) is 0 Å². The van der Waals surface area contributed by atoms with Crippen LogP contribution in [-0.2, 0) is 11.2 Å². The summed E-state index contributed by atoms with van der Waals surface area (Å²) >= 11 is 0. The summed E-state index contributed by atoms with van der Waals surface area (Å²) in [7, 11) is 1.80. The number of benzene rings is 1. The summed E-state index contributed by atoms with van der Waals surface area (Å²) in [5.74, 6) is 0.0587. The van der Waals surface area contributed by atoms with Gasteiger partial charge in [0.2, 0.25) is 5.91 Å². The molecule has 0 spiro atoms. The maximum atomic E-state index is 12.7. The van der Waals surface area contributed by atoms with Gasteiger partial charge >= 0.3 is 0 Å². The van der Waals surface area contributed by atoms with Crippen LogP contribution in [0.4, 0.5) is 5.69 Å². The van der Waals surface area contributed by atoms with Crippen LogP contribution in [0.2, 0.25) is 0 Å². The van der Waals surface area contributed by atoms with E-state index < -0.39 is 0 Å². The van der Waals surface area contributed by atoms with E-state index in [1.54, 1.807) is 24.3 Å². The van der Waals surface area contributed by atoms with Gasteiger partial charge in [-0.1, -0.05) is 24.3 Å². The zero-order valence-corrected chi connectivity index (χ0v) is 11.4. The largest absolute Gasteiger partial charge is 0.314 e. The van der Waals surface area contributed by atoms with E-state index in [-0.39, 0.29) is 11.9 Å². The first-order chi connectivity index (χ1) is 9.77. The van der Waals surface area contributed by atoms with Crippen molar-refractivity contribution >= 4 is 11.6 Å². The van der Waals surface area contributed by atoms with Crippen molar-refractivity contribution in [2.75, 3.05) is 18.5 Å². The third kappa shape index (κ3) is 2.30. The second-order valence-electron chi connectivity index (χ2n) is 4.94. The van der Waals surface area contributed by atoms with Crippen molar-refractivity contribution in [1.29, 1.82) is 0 Å². The predicted octanol–water partition coefficient (Wildman–Crippen LogP) is 1.93. The molecule has 0 saturated heterocycles. The number of rotatable bonds is 2. The second kappa shape index (κ2) is 5.43. The normalized spacial score (nSPS) is 17.4. The Bertz CT molecular complexity index is 612. The van der Waals surface area contributed by atoms with Crippen LogP contribution in [-0.4, -0.2) is 24.5 Å². The third-order valence-corrected chi connectivity index (χ3v) is 3.74. The molecule has 102 valence electrons. The number of nitrogens with one attached hydrogen (secondary N) is 1. The van der Waals surface area contributed by atoms with Crippen LogP contribution in [0.5, 0.6) is 0 Å². The van der Waals surface area contributed by atoms with E-state index in [9.17, 15) is 4.79 Å². The topological polar surface area (TPSA) is 45.2 Å². The fraction of sp³-hybridized carbons (Fsp3) is 0.250. The number of hydrogen-bond donors (Lipinski definition) is 1. The highest BCUT2D eigenvalue weighted by atomic mass is 16.2. The van der Waals surface area contributed by atoms with E-state index in [2.05, 4.69) is 16.4 Å². The second-order valence-corrected chi connectivity index (χ2v) is 4.94. The Morgan fingerprint density at radius 3 is 2.80 bits per heavy atom. The van der Waals surface area contributed by atoms with Gasteiger partial charge in [0.25, 0.3) is 0 Å². The number of amides is 1. The lowest BCUT2D eigenvalue weighted by Crippen LogP contribution is -2.42. The van der Waals surface area contributed by atoms with Gasteiger partial charge in [-0.3, -0.25) is 9.78 Å². The Kier molecular flexibility index (Phi) is 3.48. The van der Waals surface area contributed by atoms with Crippen LogP contribution in [0, 0.1) is 0 Å². The molecule has 1 N–H and O–H groups in total. The first-order valence-electron chi connectivity index (χ1n) is 6.76. The molecule has 1 amide bonds. The van der Waals surface area contributed by atoms with Crippen LogP contribution in [0.3, 0.4) is 0 Å². The quantitative estimate of drug-likeness (QED) is 0.904. The summed E-state index contributed by atoms with van der Waals surface area (Å²) in [4.78, 5) is 18.4. The molecule has 20 heavy (non-hydrogen) atoms. The van der Waals surface area contributed by atoms with Crippen molar-refractivity contribution in [3.63, 3.8) is 0 Å². The first-order valence-corrected chi connectivity index (χ1v) is 6.76. The predicted molar refractivity (Wildman–Crippen MR) is 78.5 cm³/mol. The van der Waals surface area contributed by atoms with Crippen molar-refractivity contribution in [2.24, 2.45) is 0 Å². The number of carbonyl (C=O) groups excluding carboxylic acids is 1. The zero-order chi connectivity index (χ0) is 13.9. The molecule has 4 heteroatoms. The van der Waals surface area contributed by atoms with Gasteiger partial charge in [-0.2, -0.15) is 0 Å². The minimum Gasteiger partial charge on any atom is -0.314 e. The SMILES string of the molecule is CN(C(=O)C1NCCc2ccccc21)c1ccncc1. The molecule has 0 saturated carbocycles. The van der Waals surface area contributed by atoms with E-state index in [0.717, 1.165) is 24.2 Å². The number of hydrogen-bond acceptors (Lipinski definition) is 3. The summed E-state index contributed by atoms with van der Waals surface area (Å²) in [6.07, 6.45) is 4.36. The van der Waals surface area contributed by atoms with Crippen LogP contribution < -0.4 is 10.2 Å². The van der Waals surface area contributed by atoms with Gasteiger partial charge in [0, 0.05) is 31.7 Å². The highest BCUT2D eigenvalue weighted by Crippen LogP contribution is 2.25. The monoisotopic (exact) mass is 267 g/mol. The van der Waals surface area contributed by atoms with Gasteiger partial charge < -0.3 is 10.2 Å². The third-order valence-electron chi connectivity index (χ3n) is 3.74. The fourth-order valence-corrected chi connectivity index (χ4v) is 2.61. The molecule has 4 nitrogen and oxygen atoms in total. The number of nitrogens with zero attached hydrogens (tertiary/aromatic N) is 2. The molecule has 0 fully saturated rings. The Hall–Kier alpha value is -2.20. The molecule has 1 aliphatic heterocycles. The molecule has 1 aromatic carbocycles. The molecule has 1 unspecified atom stereocenters. The average molecular weight is 267 g/mol. The minimum atomic E-state index is -0.266. The van der Waals surface area contributed by atoms with Gasteiger partial charge in [0.1, 0.15) is 6.04 Å². The van der Waals surface area contributed by atoms with Gasteiger partial charge in [0.15, 0.2) is 0 Å². The Morgan fingerprint density at radius 1 is 1.25 bits per heavy atom. The molecule has 3 rings (SSSR count). The van der Waals surface area contributed by atoms with Crippen molar-refractivity contribution in [2.45, 2.75) is 12.5 Å². The van der Waals surface area contributed by atoms with Crippen LogP contribution in [0.15, 0.2) is 48.8 Å². The minimum absolute atomic E-state index is 0.0587. The summed E-state index contributed by atoms with van der Waals surface area (Å²) in [6, 6.07) is 11.6. The molecule has 0 radical (unpaired) electrons. The van der Waals surface area contributed by atoms with Gasteiger partial charge in [-0.25, -0.2) is 0 Å². The standard InChI is InChI=1S/C16H17N3O/c1-19(13-7-9-17-10-8-13)16(20)15-14-5-3-2-4-12(14)6-11-18-15/h2-5,7-10,15,18H,6,11H2,1H3. The number of carbonyl (C=O) groups is 1. The van der Waals surface area contributed by atoms with E-state index in [0.29, 0.717) is 0 Å². The maximum Gasteiger partial charge on any atom is 0.248 e. The summed E-state index contributed by atoms with van der Waals surface area (Å²) in [5.41, 5.74) is 3.20. The average Bonchev–Trinajstić information content (AvgIpc) is 2.54. The van der Waals surface area contributed by atoms with E-state index in [1.165, 1.54) is 5.56 Å². The molecule has 2 aromatic rings. The lowest BCUT2D eigenvalue weighted by Gasteiger charge is -2.29. The van der Waals surface area contributed by atoms with Crippen molar-refractivity contribution in [1.82, 2.24) is 10.3 Å². The lowest BCUT2D eigenvalue weighted by atomic mass is 9.93. The summed E-state index contributed by atoms with van der Waals surface area (Å²) in [6.45, 7) is 0.831.